The van der Waals surface area contributed by atoms with E-state index in [0.29, 0.717) is 18.5 Å². The fourth-order valence-electron chi connectivity index (χ4n) is 2.95. The molecule has 24 heavy (non-hydrogen) atoms. The first-order valence-corrected chi connectivity index (χ1v) is 7.97. The first kappa shape index (κ1) is 17.8. The number of carbonyl (C=O) groups is 3. The van der Waals surface area contributed by atoms with Crippen molar-refractivity contribution in [3.8, 4) is 0 Å². The number of urea groups is 1. The molecule has 7 nitrogen and oxygen atoms in total. The third kappa shape index (κ3) is 4.47. The van der Waals surface area contributed by atoms with Crippen LogP contribution in [-0.4, -0.2) is 48.1 Å². The average Bonchev–Trinajstić information content (AvgIpc) is 2.58. The summed E-state index contributed by atoms with van der Waals surface area (Å²) in [5.74, 6) is -1.41. The van der Waals surface area contributed by atoms with Crippen molar-refractivity contribution in [2.75, 3.05) is 20.1 Å². The molecule has 7 heteroatoms. The highest BCUT2D eigenvalue weighted by molar-refractivity contribution is 5.94. The molecule has 0 bridgehead atoms. The summed E-state index contributed by atoms with van der Waals surface area (Å²) in [5, 5.41) is 14.5. The van der Waals surface area contributed by atoms with Gasteiger partial charge in [-0.15, -0.1) is 0 Å². The molecular formula is C17H23N3O4. The molecule has 3 amide bonds. The van der Waals surface area contributed by atoms with Gasteiger partial charge in [0.15, 0.2) is 0 Å². The van der Waals surface area contributed by atoms with Crippen LogP contribution in [0.5, 0.6) is 0 Å². The van der Waals surface area contributed by atoms with Gasteiger partial charge in [-0.25, -0.2) is 4.79 Å². The number of carbonyl (C=O) groups excluding carboxylic acids is 2. The molecule has 0 aliphatic carbocycles. The minimum absolute atomic E-state index is 0.155. The highest BCUT2D eigenvalue weighted by Gasteiger charge is 2.31. The van der Waals surface area contributed by atoms with E-state index in [1.807, 2.05) is 13.0 Å². The van der Waals surface area contributed by atoms with Gasteiger partial charge in [0.05, 0.1) is 5.92 Å². The number of rotatable bonds is 4. The summed E-state index contributed by atoms with van der Waals surface area (Å²) >= 11 is 0. The number of hydrogen-bond acceptors (Lipinski definition) is 3. The number of nitrogens with one attached hydrogen (secondary N) is 2. The molecule has 1 aromatic rings. The first-order valence-electron chi connectivity index (χ1n) is 7.97. The molecule has 2 unspecified atom stereocenters. The predicted octanol–water partition coefficient (Wildman–Crippen LogP) is 1.30. The van der Waals surface area contributed by atoms with Crippen LogP contribution in [-0.2, 0) is 11.3 Å². The molecule has 0 radical (unpaired) electrons. The summed E-state index contributed by atoms with van der Waals surface area (Å²) in [5.41, 5.74) is 1.34. The van der Waals surface area contributed by atoms with Gasteiger partial charge in [0.2, 0.25) is 0 Å². The third-order valence-electron chi connectivity index (χ3n) is 4.16. The maximum absolute atomic E-state index is 12.3. The Labute approximate surface area is 141 Å². The van der Waals surface area contributed by atoms with Crippen molar-refractivity contribution in [3.05, 3.63) is 35.4 Å². The molecule has 130 valence electrons. The van der Waals surface area contributed by atoms with Gasteiger partial charge >= 0.3 is 12.0 Å². The van der Waals surface area contributed by atoms with Gasteiger partial charge in [0, 0.05) is 32.2 Å². The summed E-state index contributed by atoms with van der Waals surface area (Å²) in [6.45, 7) is 3.01. The molecule has 1 aromatic carbocycles. The summed E-state index contributed by atoms with van der Waals surface area (Å²) < 4.78 is 0. The normalized spacial score (nSPS) is 20.3. The number of carboxylic acid groups (broad SMARTS) is 1. The van der Waals surface area contributed by atoms with Gasteiger partial charge in [-0.3, -0.25) is 9.59 Å². The lowest BCUT2D eigenvalue weighted by Gasteiger charge is -2.34. The zero-order valence-electron chi connectivity index (χ0n) is 13.9. The number of carboxylic acids is 1. The zero-order chi connectivity index (χ0) is 17.7. The maximum atomic E-state index is 12.3. The van der Waals surface area contributed by atoms with E-state index < -0.39 is 11.9 Å². The molecule has 3 N–H and O–H groups in total. The Morgan fingerprint density at radius 1 is 1.29 bits per heavy atom. The van der Waals surface area contributed by atoms with Crippen molar-refractivity contribution < 1.29 is 19.5 Å². The molecule has 1 heterocycles. The topological polar surface area (TPSA) is 98.7 Å². The van der Waals surface area contributed by atoms with Crippen molar-refractivity contribution in [3.63, 3.8) is 0 Å². The number of nitrogens with zero attached hydrogens (tertiary/aromatic N) is 1. The van der Waals surface area contributed by atoms with E-state index in [9.17, 15) is 19.5 Å². The predicted molar refractivity (Wildman–Crippen MR) is 88.5 cm³/mol. The van der Waals surface area contributed by atoms with Gasteiger partial charge in [-0.05, 0) is 30.0 Å². The molecule has 2 rings (SSSR count). The van der Waals surface area contributed by atoms with Crippen LogP contribution in [0.4, 0.5) is 4.79 Å². The quantitative estimate of drug-likeness (QED) is 0.773. The third-order valence-corrected chi connectivity index (χ3v) is 4.16. The summed E-state index contributed by atoms with van der Waals surface area (Å²) in [6.07, 6.45) is 0.591. The van der Waals surface area contributed by atoms with Crippen LogP contribution in [0.3, 0.4) is 0 Å². The van der Waals surface area contributed by atoms with Crippen LogP contribution >= 0.6 is 0 Å². The second-order valence-corrected chi connectivity index (χ2v) is 6.22. The minimum Gasteiger partial charge on any atom is -0.481 e. The molecule has 0 saturated carbocycles. The van der Waals surface area contributed by atoms with Crippen LogP contribution in [0, 0.1) is 11.8 Å². The second-order valence-electron chi connectivity index (χ2n) is 6.22. The number of amides is 3. The first-order chi connectivity index (χ1) is 11.4. The van der Waals surface area contributed by atoms with E-state index in [1.54, 1.807) is 30.1 Å². The number of piperidine rings is 1. The Morgan fingerprint density at radius 3 is 2.71 bits per heavy atom. The van der Waals surface area contributed by atoms with E-state index >= 15 is 0 Å². The smallest absolute Gasteiger partial charge is 0.317 e. The van der Waals surface area contributed by atoms with Crippen molar-refractivity contribution in [1.82, 2.24) is 15.5 Å². The molecule has 1 saturated heterocycles. The largest absolute Gasteiger partial charge is 0.481 e. The number of aliphatic carboxylic acids is 1. The standard InChI is InChI=1S/C17H23N3O4/c1-11-6-14(16(22)23)10-20(9-11)17(24)19-8-12-4-3-5-13(7-12)15(21)18-2/h3-5,7,11,14H,6,8-10H2,1-2H3,(H,18,21)(H,19,24)(H,22,23). The lowest BCUT2D eigenvalue weighted by Crippen LogP contribution is -2.49. The second kappa shape index (κ2) is 7.81. The van der Waals surface area contributed by atoms with Gasteiger partial charge in [-0.1, -0.05) is 19.1 Å². The summed E-state index contributed by atoms with van der Waals surface area (Å²) in [7, 11) is 1.56. The fourth-order valence-corrected chi connectivity index (χ4v) is 2.95. The van der Waals surface area contributed by atoms with Gasteiger partial charge in [0.1, 0.15) is 0 Å². The molecule has 0 spiro atoms. The summed E-state index contributed by atoms with van der Waals surface area (Å²) in [6, 6.07) is 6.73. The SMILES string of the molecule is CNC(=O)c1cccc(CNC(=O)N2CC(C)CC(C(=O)O)C2)c1. The highest BCUT2D eigenvalue weighted by Crippen LogP contribution is 2.21. The number of likely N-dealkylation sites (tertiary alicyclic amines) is 1. The Hall–Kier alpha value is -2.57. The van der Waals surface area contributed by atoms with Crippen LogP contribution in [0.2, 0.25) is 0 Å². The van der Waals surface area contributed by atoms with Gasteiger partial charge in [-0.2, -0.15) is 0 Å². The molecule has 1 fully saturated rings. The number of hydrogen-bond donors (Lipinski definition) is 3. The van der Waals surface area contributed by atoms with Gasteiger partial charge < -0.3 is 20.6 Å². The monoisotopic (exact) mass is 333 g/mol. The van der Waals surface area contributed by atoms with Crippen LogP contribution in [0.1, 0.15) is 29.3 Å². The Balaban J connectivity index is 1.95. The van der Waals surface area contributed by atoms with Crippen molar-refractivity contribution in [1.29, 1.82) is 0 Å². The lowest BCUT2D eigenvalue weighted by molar-refractivity contribution is -0.143. The van der Waals surface area contributed by atoms with Crippen molar-refractivity contribution in [2.24, 2.45) is 11.8 Å². The van der Waals surface area contributed by atoms with E-state index in [1.165, 1.54) is 0 Å². The number of benzene rings is 1. The fraction of sp³-hybridized carbons (Fsp3) is 0.471. The molecular weight excluding hydrogens is 310 g/mol. The maximum Gasteiger partial charge on any atom is 0.317 e. The lowest BCUT2D eigenvalue weighted by atomic mass is 9.91. The van der Waals surface area contributed by atoms with Crippen molar-refractivity contribution in [2.45, 2.75) is 19.9 Å². The zero-order valence-corrected chi connectivity index (χ0v) is 13.9. The van der Waals surface area contributed by atoms with Crippen molar-refractivity contribution >= 4 is 17.9 Å². The van der Waals surface area contributed by atoms with Crippen LogP contribution in [0.25, 0.3) is 0 Å². The Kier molecular flexibility index (Phi) is 5.78. The Bertz CT molecular complexity index is 632. The van der Waals surface area contributed by atoms with Crippen LogP contribution < -0.4 is 10.6 Å². The van der Waals surface area contributed by atoms with E-state index in [2.05, 4.69) is 10.6 Å². The summed E-state index contributed by atoms with van der Waals surface area (Å²) in [4.78, 5) is 36.7. The van der Waals surface area contributed by atoms with E-state index in [0.717, 1.165) is 5.56 Å². The molecule has 0 aromatic heterocycles. The van der Waals surface area contributed by atoms with E-state index in [4.69, 9.17) is 0 Å². The molecule has 1 aliphatic heterocycles. The average molecular weight is 333 g/mol. The minimum atomic E-state index is -0.863. The van der Waals surface area contributed by atoms with Crippen LogP contribution in [0.15, 0.2) is 24.3 Å². The Morgan fingerprint density at radius 2 is 2.04 bits per heavy atom. The highest BCUT2D eigenvalue weighted by atomic mass is 16.4. The van der Waals surface area contributed by atoms with E-state index in [-0.39, 0.29) is 30.9 Å². The molecule has 1 aliphatic rings. The van der Waals surface area contributed by atoms with Gasteiger partial charge in [0.25, 0.3) is 5.91 Å². The molecule has 2 atom stereocenters.